The van der Waals surface area contributed by atoms with Crippen LogP contribution in [0.25, 0.3) is 0 Å². The van der Waals surface area contributed by atoms with E-state index in [1.165, 1.54) is 0 Å². The van der Waals surface area contributed by atoms with Crippen LogP contribution in [0, 0.1) is 6.92 Å². The van der Waals surface area contributed by atoms with E-state index in [0.29, 0.717) is 18.1 Å². The zero-order chi connectivity index (χ0) is 11.5. The van der Waals surface area contributed by atoms with Crippen molar-refractivity contribution in [3.05, 3.63) is 18.1 Å². The van der Waals surface area contributed by atoms with Crippen molar-refractivity contribution in [2.24, 2.45) is 0 Å². The molecule has 15 heavy (non-hydrogen) atoms. The fourth-order valence-corrected chi connectivity index (χ4v) is 1.10. The smallest absolute Gasteiger partial charge is 0.329 e. The van der Waals surface area contributed by atoms with Crippen LogP contribution >= 0.6 is 0 Å². The average Bonchev–Trinajstić information content (AvgIpc) is 2.17. The molecule has 5 nitrogen and oxygen atoms in total. The van der Waals surface area contributed by atoms with Gasteiger partial charge in [0.05, 0.1) is 0 Å². The van der Waals surface area contributed by atoms with Crippen LogP contribution < -0.4 is 5.32 Å². The Morgan fingerprint density at radius 3 is 2.80 bits per heavy atom. The third-order valence-electron chi connectivity index (χ3n) is 2.36. The van der Waals surface area contributed by atoms with E-state index in [-0.39, 0.29) is 0 Å². The Hall–Kier alpha value is -1.65. The molecular weight excluding hydrogens is 194 g/mol. The molecule has 0 aromatic carbocycles. The Morgan fingerprint density at radius 1 is 1.67 bits per heavy atom. The van der Waals surface area contributed by atoms with E-state index in [4.69, 9.17) is 5.11 Å². The summed E-state index contributed by atoms with van der Waals surface area (Å²) in [5, 5.41) is 12.0. The molecule has 2 N–H and O–H groups in total. The number of hydrogen-bond acceptors (Lipinski definition) is 4. The molecule has 0 fully saturated rings. The summed E-state index contributed by atoms with van der Waals surface area (Å²) in [7, 11) is 0. The molecular formula is C10H15N3O2. The number of anilines is 1. The highest BCUT2D eigenvalue weighted by atomic mass is 16.4. The molecule has 1 unspecified atom stereocenters. The van der Waals surface area contributed by atoms with Crippen molar-refractivity contribution >= 4 is 11.8 Å². The van der Waals surface area contributed by atoms with E-state index in [1.807, 2.05) is 6.92 Å². The van der Waals surface area contributed by atoms with Gasteiger partial charge in [-0.05, 0) is 26.3 Å². The van der Waals surface area contributed by atoms with Gasteiger partial charge in [-0.25, -0.2) is 14.8 Å². The molecule has 1 atom stereocenters. The van der Waals surface area contributed by atoms with Gasteiger partial charge in [0.25, 0.3) is 0 Å². The summed E-state index contributed by atoms with van der Waals surface area (Å²) in [6.45, 7) is 5.21. The van der Waals surface area contributed by atoms with Gasteiger partial charge in [-0.15, -0.1) is 0 Å². The molecule has 82 valence electrons. The highest BCUT2D eigenvalue weighted by molar-refractivity contribution is 5.81. The largest absolute Gasteiger partial charge is 0.480 e. The van der Waals surface area contributed by atoms with Crippen molar-refractivity contribution in [1.29, 1.82) is 0 Å². The van der Waals surface area contributed by atoms with E-state index in [9.17, 15) is 4.79 Å². The van der Waals surface area contributed by atoms with Crippen LogP contribution in [0.1, 0.15) is 26.1 Å². The molecule has 1 rings (SSSR count). The van der Waals surface area contributed by atoms with Crippen LogP contribution in [-0.4, -0.2) is 26.6 Å². The van der Waals surface area contributed by atoms with Crippen LogP contribution in [0.5, 0.6) is 0 Å². The van der Waals surface area contributed by atoms with E-state index in [1.54, 1.807) is 26.1 Å². The van der Waals surface area contributed by atoms with Crippen molar-refractivity contribution in [2.45, 2.75) is 32.7 Å². The maximum atomic E-state index is 11.0. The summed E-state index contributed by atoms with van der Waals surface area (Å²) in [5.41, 5.74) is -0.985. The lowest BCUT2D eigenvalue weighted by atomic mass is 9.99. The Morgan fingerprint density at radius 2 is 2.33 bits per heavy atom. The highest BCUT2D eigenvalue weighted by Gasteiger charge is 2.31. The molecule has 1 aromatic rings. The zero-order valence-corrected chi connectivity index (χ0v) is 9.11. The fraction of sp³-hybridized carbons (Fsp3) is 0.500. The predicted octanol–water partition coefficient (Wildman–Crippen LogP) is 1.45. The van der Waals surface area contributed by atoms with Crippen LogP contribution in [-0.2, 0) is 4.79 Å². The number of carboxylic acids is 1. The first kappa shape index (κ1) is 11.4. The van der Waals surface area contributed by atoms with Gasteiger partial charge in [-0.1, -0.05) is 6.92 Å². The van der Waals surface area contributed by atoms with E-state index in [2.05, 4.69) is 15.3 Å². The third-order valence-corrected chi connectivity index (χ3v) is 2.36. The molecule has 0 saturated heterocycles. The van der Waals surface area contributed by atoms with Gasteiger partial charge in [0.15, 0.2) is 0 Å². The van der Waals surface area contributed by atoms with Crippen LogP contribution in [0.4, 0.5) is 5.82 Å². The van der Waals surface area contributed by atoms with Crippen molar-refractivity contribution < 1.29 is 9.90 Å². The number of aryl methyl sites for hydroxylation is 1. The summed E-state index contributed by atoms with van der Waals surface area (Å²) < 4.78 is 0. The van der Waals surface area contributed by atoms with Gasteiger partial charge in [0.1, 0.15) is 17.2 Å². The second kappa shape index (κ2) is 4.25. The highest BCUT2D eigenvalue weighted by Crippen LogP contribution is 2.16. The first-order valence-corrected chi connectivity index (χ1v) is 4.79. The first-order chi connectivity index (χ1) is 6.98. The number of carbonyl (C=O) groups is 1. The van der Waals surface area contributed by atoms with Crippen molar-refractivity contribution in [2.75, 3.05) is 5.32 Å². The molecule has 1 heterocycles. The van der Waals surface area contributed by atoms with Gasteiger partial charge in [0.2, 0.25) is 0 Å². The van der Waals surface area contributed by atoms with Crippen LogP contribution in [0.3, 0.4) is 0 Å². The molecule has 0 radical (unpaired) electrons. The summed E-state index contributed by atoms with van der Waals surface area (Å²) >= 11 is 0. The van der Waals surface area contributed by atoms with Crippen LogP contribution in [0.15, 0.2) is 12.3 Å². The minimum Gasteiger partial charge on any atom is -0.480 e. The Bertz CT molecular complexity index is 367. The third kappa shape index (κ3) is 2.65. The molecule has 5 heteroatoms. The first-order valence-electron chi connectivity index (χ1n) is 4.79. The van der Waals surface area contributed by atoms with Crippen LogP contribution in [0.2, 0.25) is 0 Å². The van der Waals surface area contributed by atoms with Crippen molar-refractivity contribution in [3.8, 4) is 0 Å². The summed E-state index contributed by atoms with van der Waals surface area (Å²) in [6, 6.07) is 1.66. The van der Waals surface area contributed by atoms with Crippen molar-refractivity contribution in [3.63, 3.8) is 0 Å². The zero-order valence-electron chi connectivity index (χ0n) is 9.11. The lowest BCUT2D eigenvalue weighted by Gasteiger charge is -2.25. The number of aromatic nitrogens is 2. The molecule has 0 aliphatic heterocycles. The normalized spacial score (nSPS) is 14.3. The van der Waals surface area contributed by atoms with E-state index in [0.717, 1.165) is 0 Å². The molecule has 0 bridgehead atoms. The fourth-order valence-electron chi connectivity index (χ4n) is 1.10. The average molecular weight is 209 g/mol. The number of hydrogen-bond donors (Lipinski definition) is 2. The standard InChI is InChI=1S/C10H15N3O2/c1-4-10(3,9(14)15)13-8-5-6-11-7(2)12-8/h5-6H,4H2,1-3H3,(H,14,15)(H,11,12,13). The molecule has 0 saturated carbocycles. The summed E-state index contributed by atoms with van der Waals surface area (Å²) in [4.78, 5) is 19.1. The van der Waals surface area contributed by atoms with Gasteiger partial charge in [-0.3, -0.25) is 0 Å². The van der Waals surface area contributed by atoms with E-state index < -0.39 is 11.5 Å². The van der Waals surface area contributed by atoms with Crippen molar-refractivity contribution in [1.82, 2.24) is 9.97 Å². The maximum Gasteiger partial charge on any atom is 0.329 e. The minimum absolute atomic E-state index is 0.478. The number of aliphatic carboxylic acids is 1. The predicted molar refractivity (Wildman–Crippen MR) is 56.7 cm³/mol. The molecule has 0 amide bonds. The Labute approximate surface area is 88.6 Å². The van der Waals surface area contributed by atoms with Gasteiger partial charge in [-0.2, -0.15) is 0 Å². The summed E-state index contributed by atoms with van der Waals surface area (Å²) in [6.07, 6.45) is 2.08. The second-order valence-electron chi connectivity index (χ2n) is 3.60. The number of rotatable bonds is 4. The van der Waals surface area contributed by atoms with E-state index >= 15 is 0 Å². The number of carboxylic acid groups (broad SMARTS) is 1. The quantitative estimate of drug-likeness (QED) is 0.785. The Kier molecular flexibility index (Phi) is 3.24. The Balaban J connectivity index is 2.89. The molecule has 1 aromatic heterocycles. The monoisotopic (exact) mass is 209 g/mol. The maximum absolute atomic E-state index is 11.0. The molecule has 0 aliphatic rings. The van der Waals surface area contributed by atoms with Gasteiger partial charge in [0, 0.05) is 6.20 Å². The number of nitrogens with zero attached hydrogens (tertiary/aromatic N) is 2. The number of nitrogens with one attached hydrogen (secondary N) is 1. The minimum atomic E-state index is -0.985. The molecule has 0 spiro atoms. The summed E-state index contributed by atoms with van der Waals surface area (Å²) in [5.74, 6) is 0.263. The SMILES string of the molecule is CCC(C)(Nc1ccnc(C)n1)C(=O)O. The van der Waals surface area contributed by atoms with Gasteiger partial charge >= 0.3 is 5.97 Å². The van der Waals surface area contributed by atoms with Gasteiger partial charge < -0.3 is 10.4 Å². The lowest BCUT2D eigenvalue weighted by molar-refractivity contribution is -0.141. The lowest BCUT2D eigenvalue weighted by Crippen LogP contribution is -2.42. The topological polar surface area (TPSA) is 75.1 Å². The second-order valence-corrected chi connectivity index (χ2v) is 3.60. The molecule has 0 aliphatic carbocycles.